The molecule has 6 aromatic carbocycles. The monoisotopic (exact) mass is 587 g/mol. The average molecular weight is 588 g/mol. The number of nitrogens with zero attached hydrogens (tertiary/aromatic N) is 3. The Kier molecular flexibility index (Phi) is 2.48. The van der Waals surface area contributed by atoms with Gasteiger partial charge in [-0.3, -0.25) is 0 Å². The molecule has 0 N–H and O–H groups in total. The molecule has 0 amide bonds. The first-order chi connectivity index (χ1) is 30.9. The second-order valence-corrected chi connectivity index (χ2v) is 9.17. The van der Waals surface area contributed by atoms with Crippen molar-refractivity contribution in [3.8, 4) is 45.3 Å². The highest BCUT2D eigenvalue weighted by Crippen LogP contribution is 2.39. The van der Waals surface area contributed by atoms with Crippen molar-refractivity contribution >= 4 is 43.9 Å². The lowest BCUT2D eigenvalue weighted by molar-refractivity contribution is 0.669. The molecule has 0 aliphatic heterocycles. The highest BCUT2D eigenvalue weighted by Gasteiger charge is 2.19. The van der Waals surface area contributed by atoms with Gasteiger partial charge in [0.1, 0.15) is 22.3 Å². The van der Waals surface area contributed by atoms with Crippen LogP contribution in [-0.4, -0.2) is 15.0 Å². The fourth-order valence-corrected chi connectivity index (χ4v) is 4.78. The van der Waals surface area contributed by atoms with Gasteiger partial charge in [-0.25, -0.2) is 15.0 Å². The summed E-state index contributed by atoms with van der Waals surface area (Å²) in [6, 6.07) is -15.5. The van der Waals surface area contributed by atoms with E-state index in [1.165, 1.54) is 0 Å². The van der Waals surface area contributed by atoms with Crippen molar-refractivity contribution in [3.05, 3.63) is 139 Å². The number of para-hydroxylation sites is 2. The highest BCUT2D eigenvalue weighted by molar-refractivity contribution is 6.13. The van der Waals surface area contributed by atoms with Gasteiger partial charge in [0.15, 0.2) is 17.5 Å². The minimum absolute atomic E-state index is 0.215. The molecule has 9 rings (SSSR count). The van der Waals surface area contributed by atoms with Crippen LogP contribution in [0.15, 0.2) is 148 Å². The molecule has 0 saturated heterocycles. The molecule has 5 nitrogen and oxygen atoms in total. The Bertz CT molecular complexity index is 3700. The number of furan rings is 2. The van der Waals surface area contributed by atoms with Gasteiger partial charge in [-0.15, -0.1) is 0 Å². The van der Waals surface area contributed by atoms with Gasteiger partial charge in [-0.05, 0) is 47.4 Å². The zero-order valence-corrected chi connectivity index (χ0v) is 21.7. The summed E-state index contributed by atoms with van der Waals surface area (Å²) in [7, 11) is 0. The number of fused-ring (bicyclic) bond motifs is 6. The number of hydrogen-bond donors (Lipinski definition) is 0. The predicted octanol–water partition coefficient (Wildman–Crippen LogP) is 10.3. The lowest BCUT2D eigenvalue weighted by atomic mass is 9.99. The molecule has 206 valence electrons. The van der Waals surface area contributed by atoms with Crippen molar-refractivity contribution in [1.29, 1.82) is 0 Å². The van der Waals surface area contributed by atoms with Crippen LogP contribution >= 0.6 is 0 Å². The maximum absolute atomic E-state index is 9.17. The lowest BCUT2D eigenvalue weighted by Crippen LogP contribution is -2.00. The van der Waals surface area contributed by atoms with Crippen molar-refractivity contribution in [2.24, 2.45) is 0 Å². The normalized spacial score (nSPS) is 18.6. The Morgan fingerprint density at radius 3 is 1.86 bits per heavy atom. The van der Waals surface area contributed by atoms with E-state index in [1.807, 2.05) is 0 Å². The van der Waals surface area contributed by atoms with Gasteiger partial charge in [0.2, 0.25) is 0 Å². The van der Waals surface area contributed by atoms with Crippen molar-refractivity contribution in [3.63, 3.8) is 0 Å². The molecule has 5 heteroatoms. The smallest absolute Gasteiger partial charge is 0.167 e. The fourth-order valence-electron chi connectivity index (χ4n) is 4.78. The SMILES string of the molecule is [2H]c1c([2H])c([2H])c(-c2nc(-c3cc4c(oc5c([2H])c([2H])c([2H])c(-c6c([2H])c([2H])c([2H])c([2H])c6[2H])c54)c([2H])c3[2H])nc(-c3c([2H])c([2H])c([2H])c4c3oc3c([2H])c([2H])c([2H])c([2H])c34)n2)c([2H])c1[2H]. The summed E-state index contributed by atoms with van der Waals surface area (Å²) >= 11 is 0. The summed E-state index contributed by atoms with van der Waals surface area (Å²) in [6.07, 6.45) is 0. The number of hydrogen-bond acceptors (Lipinski definition) is 5. The average Bonchev–Trinajstić information content (AvgIpc) is 3.88. The standard InChI is InChI=1S/C39H23N3O2/c1-3-11-24(12-4-1)27-16-10-20-34-35(27)31-23-26(21-22-33(31)43-34)38-40-37(25-13-5-2-6-14-25)41-39(42-38)30-18-9-17-29-28-15-7-8-19-32(28)44-36(29)30/h1-23H/i1D,2D,3D,4D,5D,6D,7D,8D,9D,10D,11D,12D,13D,14D,15D,16D,17D,18D,19D,20D,21D,22D. The lowest BCUT2D eigenvalue weighted by Gasteiger charge is -2.09. The Labute approximate surface area is 283 Å². The summed E-state index contributed by atoms with van der Waals surface area (Å²) in [5.41, 5.74) is -4.44. The summed E-state index contributed by atoms with van der Waals surface area (Å²) in [4.78, 5) is 13.3. The van der Waals surface area contributed by atoms with E-state index in [1.54, 1.807) is 0 Å². The molecule has 0 aliphatic carbocycles. The van der Waals surface area contributed by atoms with E-state index in [-0.39, 0.29) is 21.5 Å². The molecular weight excluding hydrogens is 542 g/mol. The second kappa shape index (κ2) is 9.75. The molecule has 0 atom stereocenters. The zero-order valence-electron chi connectivity index (χ0n) is 43.7. The van der Waals surface area contributed by atoms with E-state index in [4.69, 9.17) is 37.6 Å². The molecule has 0 bridgehead atoms. The van der Waals surface area contributed by atoms with E-state index in [9.17, 15) is 1.37 Å². The molecule has 3 aromatic heterocycles. The summed E-state index contributed by atoms with van der Waals surface area (Å²) < 4.78 is 201. The van der Waals surface area contributed by atoms with Crippen molar-refractivity contribution in [1.82, 2.24) is 15.0 Å². The summed E-state index contributed by atoms with van der Waals surface area (Å²) in [5, 5.41) is -1.18. The molecule has 0 fully saturated rings. The summed E-state index contributed by atoms with van der Waals surface area (Å²) in [6.45, 7) is 0. The van der Waals surface area contributed by atoms with Crippen LogP contribution in [0.1, 0.15) is 30.2 Å². The van der Waals surface area contributed by atoms with Gasteiger partial charge in [0.05, 0.1) is 35.7 Å². The number of aromatic nitrogens is 3. The quantitative estimate of drug-likeness (QED) is 0.205. The third kappa shape index (κ3) is 3.91. The van der Waals surface area contributed by atoms with Gasteiger partial charge in [-0.1, -0.05) is 103 Å². The first kappa shape index (κ1) is 11.2. The Morgan fingerprint density at radius 2 is 1.02 bits per heavy atom. The summed E-state index contributed by atoms with van der Waals surface area (Å²) in [5.74, 6) is -1.97. The van der Waals surface area contributed by atoms with E-state index in [0.29, 0.717) is 0 Å². The van der Waals surface area contributed by atoms with Crippen molar-refractivity contribution < 1.29 is 39.0 Å². The molecule has 3 heterocycles. The van der Waals surface area contributed by atoms with Crippen LogP contribution < -0.4 is 0 Å². The predicted molar refractivity (Wildman–Crippen MR) is 176 cm³/mol. The molecule has 0 saturated carbocycles. The van der Waals surface area contributed by atoms with Gasteiger partial charge in [0.25, 0.3) is 0 Å². The third-order valence-corrected chi connectivity index (χ3v) is 6.67. The number of benzene rings is 6. The maximum atomic E-state index is 9.17. The molecular formula is C39H23N3O2. The number of rotatable bonds is 4. The molecule has 0 aliphatic rings. The fraction of sp³-hybridized carbons (Fsp3) is 0. The molecule has 0 radical (unpaired) electrons. The van der Waals surface area contributed by atoms with Crippen LogP contribution in [0.4, 0.5) is 0 Å². The van der Waals surface area contributed by atoms with Crippen molar-refractivity contribution in [2.45, 2.75) is 0 Å². The van der Waals surface area contributed by atoms with Crippen LogP contribution in [0, 0.1) is 0 Å². The Hall–Kier alpha value is -6.07. The minimum atomic E-state index is -0.821. The highest BCUT2D eigenvalue weighted by atomic mass is 16.3. The zero-order chi connectivity index (χ0) is 48.2. The van der Waals surface area contributed by atoms with Gasteiger partial charge < -0.3 is 8.83 Å². The molecule has 0 unspecified atom stereocenters. The molecule has 9 aromatic rings. The topological polar surface area (TPSA) is 65.0 Å². The Morgan fingerprint density at radius 1 is 0.409 bits per heavy atom. The minimum Gasteiger partial charge on any atom is -0.456 e. The van der Waals surface area contributed by atoms with Gasteiger partial charge >= 0.3 is 0 Å². The first-order valence-corrected chi connectivity index (χ1v) is 12.7. The molecule has 44 heavy (non-hydrogen) atoms. The van der Waals surface area contributed by atoms with E-state index >= 15 is 0 Å². The van der Waals surface area contributed by atoms with Gasteiger partial charge in [0, 0.05) is 32.7 Å². The van der Waals surface area contributed by atoms with Crippen LogP contribution in [0.25, 0.3) is 89.2 Å². The van der Waals surface area contributed by atoms with E-state index in [2.05, 4.69) is 15.0 Å². The first-order valence-electron chi connectivity index (χ1n) is 23.7. The Balaban J connectivity index is 1.46. The van der Waals surface area contributed by atoms with Crippen LogP contribution in [0.5, 0.6) is 0 Å². The van der Waals surface area contributed by atoms with Crippen LogP contribution in [0.3, 0.4) is 0 Å². The second-order valence-electron chi connectivity index (χ2n) is 9.17. The van der Waals surface area contributed by atoms with Crippen LogP contribution in [-0.2, 0) is 0 Å². The van der Waals surface area contributed by atoms with Crippen LogP contribution in [0.2, 0.25) is 0 Å². The maximum Gasteiger partial charge on any atom is 0.167 e. The molecule has 0 spiro atoms. The van der Waals surface area contributed by atoms with E-state index in [0.717, 1.165) is 6.07 Å². The largest absolute Gasteiger partial charge is 0.456 e. The van der Waals surface area contributed by atoms with Crippen molar-refractivity contribution in [2.75, 3.05) is 0 Å². The van der Waals surface area contributed by atoms with E-state index < -0.39 is 201 Å². The van der Waals surface area contributed by atoms with Gasteiger partial charge in [-0.2, -0.15) is 0 Å². The third-order valence-electron chi connectivity index (χ3n) is 6.67.